The highest BCUT2D eigenvalue weighted by Crippen LogP contribution is 2.29. The summed E-state index contributed by atoms with van der Waals surface area (Å²) in [6.45, 7) is 9.79. The van der Waals surface area contributed by atoms with Crippen molar-refractivity contribution in [3.05, 3.63) is 35.4 Å². The van der Waals surface area contributed by atoms with Crippen LogP contribution in [0, 0.1) is 0 Å². The molecule has 0 fully saturated rings. The van der Waals surface area contributed by atoms with E-state index in [9.17, 15) is 0 Å². The summed E-state index contributed by atoms with van der Waals surface area (Å²) < 4.78 is 7.19. The first kappa shape index (κ1) is 18.0. The van der Waals surface area contributed by atoms with Crippen LogP contribution in [0.25, 0.3) is 0 Å². The summed E-state index contributed by atoms with van der Waals surface area (Å²) in [5, 5.41) is 0. The molecule has 0 N–H and O–H groups in total. The van der Waals surface area contributed by atoms with Crippen molar-refractivity contribution in [2.75, 3.05) is 11.0 Å². The maximum atomic E-state index is 6.20. The minimum atomic E-state index is -0.151. The van der Waals surface area contributed by atoms with E-state index in [1.807, 2.05) is 0 Å². The molecule has 0 aliphatic rings. The largest absolute Gasteiger partial charge is 0.370 e. The van der Waals surface area contributed by atoms with Crippen molar-refractivity contribution in [1.29, 1.82) is 0 Å². The van der Waals surface area contributed by atoms with Gasteiger partial charge in [-0.2, -0.15) is 0 Å². The molecule has 0 aliphatic carbocycles. The highest BCUT2D eigenvalue weighted by molar-refractivity contribution is 14.1. The number of rotatable bonds is 9. The number of unbranched alkanes of at least 4 members (excludes halogenated alkanes) is 3. The maximum absolute atomic E-state index is 6.20. The first-order valence-electron chi connectivity index (χ1n) is 7.84. The van der Waals surface area contributed by atoms with Gasteiger partial charge in [0.2, 0.25) is 0 Å². The summed E-state index contributed by atoms with van der Waals surface area (Å²) in [7, 11) is 0. The monoisotopic (exact) mass is 388 g/mol. The first-order valence-corrected chi connectivity index (χ1v) is 9.36. The number of benzene rings is 1. The summed E-state index contributed by atoms with van der Waals surface area (Å²) in [5.41, 5.74) is 2.54. The molecule has 1 rings (SSSR count). The fourth-order valence-corrected chi connectivity index (χ4v) is 2.91. The van der Waals surface area contributed by atoms with E-state index in [-0.39, 0.29) is 5.60 Å². The number of hydrogen-bond donors (Lipinski definition) is 0. The van der Waals surface area contributed by atoms with Gasteiger partial charge in [0, 0.05) is 11.0 Å². The number of halogens is 1. The second kappa shape index (κ2) is 9.04. The van der Waals surface area contributed by atoms with Crippen LogP contribution >= 0.6 is 22.6 Å². The van der Waals surface area contributed by atoms with Crippen LogP contribution in [0.1, 0.15) is 70.4 Å². The van der Waals surface area contributed by atoms with Crippen LogP contribution in [-0.4, -0.2) is 11.0 Å². The van der Waals surface area contributed by atoms with Crippen LogP contribution in [0.2, 0.25) is 0 Å². The highest BCUT2D eigenvalue weighted by Gasteiger charge is 2.26. The van der Waals surface area contributed by atoms with Gasteiger partial charge in [-0.15, -0.1) is 0 Å². The van der Waals surface area contributed by atoms with Crippen molar-refractivity contribution < 1.29 is 4.74 Å². The van der Waals surface area contributed by atoms with Gasteiger partial charge in [-0.05, 0) is 30.4 Å². The second-order valence-electron chi connectivity index (χ2n) is 6.05. The van der Waals surface area contributed by atoms with Gasteiger partial charge < -0.3 is 4.74 Å². The Labute approximate surface area is 138 Å². The molecule has 0 radical (unpaired) electrons. The molecule has 2 heteroatoms. The van der Waals surface area contributed by atoms with Gasteiger partial charge in [0.1, 0.15) is 0 Å². The predicted molar refractivity (Wildman–Crippen MR) is 96.9 cm³/mol. The molecule has 0 bridgehead atoms. The first-order chi connectivity index (χ1) is 9.53. The molecule has 0 aromatic heterocycles. The molecule has 0 saturated heterocycles. The fraction of sp³-hybridized carbons (Fsp3) is 0.667. The lowest BCUT2D eigenvalue weighted by molar-refractivity contribution is -0.0172. The minimum Gasteiger partial charge on any atom is -0.370 e. The molecule has 1 aromatic rings. The summed E-state index contributed by atoms with van der Waals surface area (Å²) in [5.74, 6) is 0.588. The Kier molecular flexibility index (Phi) is 8.11. The molecule has 0 saturated carbocycles. The van der Waals surface area contributed by atoms with Crippen molar-refractivity contribution in [3.63, 3.8) is 0 Å². The van der Waals surface area contributed by atoms with Crippen LogP contribution in [0.4, 0.5) is 0 Å². The van der Waals surface area contributed by atoms with Gasteiger partial charge in [-0.3, -0.25) is 0 Å². The lowest BCUT2D eigenvalue weighted by Gasteiger charge is -2.29. The van der Waals surface area contributed by atoms with Crippen molar-refractivity contribution in [2.24, 2.45) is 0 Å². The van der Waals surface area contributed by atoms with E-state index in [0.29, 0.717) is 5.92 Å². The fourth-order valence-electron chi connectivity index (χ4n) is 2.25. The standard InChI is InChI=1S/C18H29IO/c1-5-6-7-8-13-20-18(4,14-19)17-11-9-16(10-12-17)15(2)3/h9-12,15H,5-8,13-14H2,1-4H3. The van der Waals surface area contributed by atoms with Gasteiger partial charge in [0.25, 0.3) is 0 Å². The average Bonchev–Trinajstić information content (AvgIpc) is 2.47. The Morgan fingerprint density at radius 2 is 1.75 bits per heavy atom. The molecule has 1 unspecified atom stereocenters. The SMILES string of the molecule is CCCCCCOC(C)(CI)c1ccc(C(C)C)cc1. The summed E-state index contributed by atoms with van der Waals surface area (Å²) >= 11 is 2.44. The van der Waals surface area contributed by atoms with E-state index < -0.39 is 0 Å². The van der Waals surface area contributed by atoms with Crippen LogP contribution in [0.5, 0.6) is 0 Å². The second-order valence-corrected chi connectivity index (χ2v) is 6.81. The molecule has 0 heterocycles. The average molecular weight is 388 g/mol. The zero-order valence-corrected chi connectivity index (χ0v) is 15.6. The molecule has 0 aliphatic heterocycles. The molecule has 1 atom stereocenters. The Morgan fingerprint density at radius 1 is 1.10 bits per heavy atom. The third-order valence-corrected chi connectivity index (χ3v) is 5.32. The summed E-state index contributed by atoms with van der Waals surface area (Å²) in [6.07, 6.45) is 5.04. The quantitative estimate of drug-likeness (QED) is 0.284. The molecule has 0 amide bonds. The van der Waals surface area contributed by atoms with Crippen molar-refractivity contribution >= 4 is 22.6 Å². The van der Waals surface area contributed by atoms with Gasteiger partial charge >= 0.3 is 0 Å². The summed E-state index contributed by atoms with van der Waals surface area (Å²) in [4.78, 5) is 0. The zero-order valence-electron chi connectivity index (χ0n) is 13.4. The van der Waals surface area contributed by atoms with Crippen LogP contribution in [0.15, 0.2) is 24.3 Å². The third kappa shape index (κ3) is 5.36. The minimum absolute atomic E-state index is 0.151. The van der Waals surface area contributed by atoms with Gasteiger partial charge in [0.05, 0.1) is 5.60 Å². The van der Waals surface area contributed by atoms with E-state index in [1.165, 1.54) is 36.8 Å². The Bertz CT molecular complexity index is 372. The normalized spacial score (nSPS) is 14.5. The van der Waals surface area contributed by atoms with E-state index in [1.54, 1.807) is 0 Å². The lowest BCUT2D eigenvalue weighted by atomic mass is 9.94. The highest BCUT2D eigenvalue weighted by atomic mass is 127. The smallest absolute Gasteiger partial charge is 0.0992 e. The third-order valence-electron chi connectivity index (χ3n) is 3.86. The number of ether oxygens (including phenoxy) is 1. The maximum Gasteiger partial charge on any atom is 0.0992 e. The van der Waals surface area contributed by atoms with Crippen molar-refractivity contribution in [3.8, 4) is 0 Å². The van der Waals surface area contributed by atoms with E-state index in [2.05, 4.69) is 74.6 Å². The summed E-state index contributed by atoms with van der Waals surface area (Å²) in [6, 6.07) is 8.95. The van der Waals surface area contributed by atoms with E-state index >= 15 is 0 Å². The Balaban J connectivity index is 2.62. The topological polar surface area (TPSA) is 9.23 Å². The van der Waals surface area contributed by atoms with Crippen LogP contribution in [0.3, 0.4) is 0 Å². The lowest BCUT2D eigenvalue weighted by Crippen LogP contribution is -2.28. The number of hydrogen-bond acceptors (Lipinski definition) is 1. The number of alkyl halides is 1. The Morgan fingerprint density at radius 3 is 2.25 bits per heavy atom. The van der Waals surface area contributed by atoms with Gasteiger partial charge in [-0.25, -0.2) is 0 Å². The van der Waals surface area contributed by atoms with Gasteiger partial charge in [0.15, 0.2) is 0 Å². The zero-order chi connectivity index (χ0) is 15.0. The van der Waals surface area contributed by atoms with Crippen molar-refractivity contribution in [2.45, 2.75) is 64.9 Å². The molecule has 0 spiro atoms. The predicted octanol–water partition coefficient (Wildman–Crippen LogP) is 6.06. The Hall–Kier alpha value is -0.0900. The van der Waals surface area contributed by atoms with Gasteiger partial charge in [-0.1, -0.05) is 86.9 Å². The van der Waals surface area contributed by atoms with Crippen LogP contribution in [-0.2, 0) is 10.3 Å². The molecule has 1 nitrogen and oxygen atoms in total. The molecular formula is C18H29IO. The molecule has 20 heavy (non-hydrogen) atoms. The van der Waals surface area contributed by atoms with E-state index in [0.717, 1.165) is 11.0 Å². The molecule has 114 valence electrons. The van der Waals surface area contributed by atoms with E-state index in [4.69, 9.17) is 4.74 Å². The van der Waals surface area contributed by atoms with Crippen LogP contribution < -0.4 is 0 Å². The van der Waals surface area contributed by atoms with Crippen molar-refractivity contribution in [1.82, 2.24) is 0 Å². The molecular weight excluding hydrogens is 359 g/mol. The molecule has 1 aromatic carbocycles.